The molecule has 1 aromatic carbocycles. The molecule has 0 heterocycles. The third kappa shape index (κ3) is 4.35. The standard InChI is InChI=1S/C11H13NO3/c1-9(13)15-11(12-14)8-7-10-5-3-2-4-6-10/h2-6,11H,7-8H2,1H3. The van der Waals surface area contributed by atoms with Crippen LogP contribution in [0.15, 0.2) is 35.5 Å². The molecule has 0 saturated heterocycles. The molecule has 0 aliphatic carbocycles. The zero-order chi connectivity index (χ0) is 11.1. The number of benzene rings is 1. The molecule has 0 aliphatic rings. The maximum atomic E-state index is 10.6. The second-order valence-corrected chi connectivity index (χ2v) is 3.19. The first-order valence-corrected chi connectivity index (χ1v) is 4.76. The molecule has 0 radical (unpaired) electrons. The molecular formula is C11H13NO3. The number of carbonyl (C=O) groups is 1. The van der Waals surface area contributed by atoms with Crippen molar-refractivity contribution in [2.75, 3.05) is 0 Å². The van der Waals surface area contributed by atoms with Crippen LogP contribution in [-0.2, 0) is 16.0 Å². The van der Waals surface area contributed by atoms with Crippen LogP contribution in [0.2, 0.25) is 0 Å². The predicted molar refractivity (Wildman–Crippen MR) is 56.1 cm³/mol. The van der Waals surface area contributed by atoms with E-state index >= 15 is 0 Å². The fourth-order valence-electron chi connectivity index (χ4n) is 1.26. The molecule has 0 aromatic heterocycles. The van der Waals surface area contributed by atoms with Crippen LogP contribution in [0, 0.1) is 4.91 Å². The summed E-state index contributed by atoms with van der Waals surface area (Å²) in [5, 5.41) is 2.75. The van der Waals surface area contributed by atoms with Crippen LogP contribution in [0.25, 0.3) is 0 Å². The van der Waals surface area contributed by atoms with Crippen LogP contribution in [0.4, 0.5) is 0 Å². The van der Waals surface area contributed by atoms with Gasteiger partial charge in [-0.25, -0.2) is 0 Å². The highest BCUT2D eigenvalue weighted by molar-refractivity contribution is 5.66. The number of rotatable bonds is 5. The van der Waals surface area contributed by atoms with E-state index in [-0.39, 0.29) is 0 Å². The zero-order valence-corrected chi connectivity index (χ0v) is 8.55. The monoisotopic (exact) mass is 207 g/mol. The first kappa shape index (κ1) is 11.4. The van der Waals surface area contributed by atoms with E-state index in [9.17, 15) is 9.70 Å². The first-order chi connectivity index (χ1) is 7.22. The van der Waals surface area contributed by atoms with E-state index in [1.54, 1.807) is 0 Å². The fraction of sp³-hybridized carbons (Fsp3) is 0.364. The van der Waals surface area contributed by atoms with Gasteiger partial charge in [0.05, 0.1) is 0 Å². The zero-order valence-electron chi connectivity index (χ0n) is 8.55. The molecule has 1 unspecified atom stereocenters. The van der Waals surface area contributed by atoms with E-state index in [0.29, 0.717) is 12.8 Å². The summed E-state index contributed by atoms with van der Waals surface area (Å²) >= 11 is 0. The van der Waals surface area contributed by atoms with Gasteiger partial charge in [0, 0.05) is 13.3 Å². The maximum Gasteiger partial charge on any atom is 0.304 e. The number of ether oxygens (including phenoxy) is 1. The van der Waals surface area contributed by atoms with Gasteiger partial charge in [-0.15, -0.1) is 4.91 Å². The number of esters is 1. The van der Waals surface area contributed by atoms with Crippen molar-refractivity contribution in [3.63, 3.8) is 0 Å². The van der Waals surface area contributed by atoms with E-state index in [1.165, 1.54) is 6.92 Å². The van der Waals surface area contributed by atoms with Gasteiger partial charge in [0.1, 0.15) is 0 Å². The molecule has 4 nitrogen and oxygen atoms in total. The van der Waals surface area contributed by atoms with Crippen LogP contribution in [0.5, 0.6) is 0 Å². The van der Waals surface area contributed by atoms with E-state index in [4.69, 9.17) is 4.74 Å². The molecule has 0 saturated carbocycles. The minimum atomic E-state index is -0.872. The molecular weight excluding hydrogens is 194 g/mol. The summed E-state index contributed by atoms with van der Waals surface area (Å²) in [7, 11) is 0. The molecule has 15 heavy (non-hydrogen) atoms. The maximum absolute atomic E-state index is 10.6. The number of carbonyl (C=O) groups excluding carboxylic acids is 1. The van der Waals surface area contributed by atoms with E-state index in [2.05, 4.69) is 5.18 Å². The molecule has 0 spiro atoms. The van der Waals surface area contributed by atoms with Gasteiger partial charge in [-0.1, -0.05) is 30.3 Å². The van der Waals surface area contributed by atoms with Crippen LogP contribution in [0.1, 0.15) is 18.9 Å². The quantitative estimate of drug-likeness (QED) is 0.549. The van der Waals surface area contributed by atoms with Crippen LogP contribution in [0.3, 0.4) is 0 Å². The molecule has 1 atom stereocenters. The van der Waals surface area contributed by atoms with Crippen molar-refractivity contribution in [1.29, 1.82) is 0 Å². The lowest BCUT2D eigenvalue weighted by Gasteiger charge is -2.08. The number of aryl methyl sites for hydroxylation is 1. The van der Waals surface area contributed by atoms with Gasteiger partial charge in [0.25, 0.3) is 0 Å². The lowest BCUT2D eigenvalue weighted by molar-refractivity contribution is -0.146. The molecule has 0 bridgehead atoms. The van der Waals surface area contributed by atoms with Crippen LogP contribution < -0.4 is 0 Å². The molecule has 0 amide bonds. The highest BCUT2D eigenvalue weighted by Gasteiger charge is 2.11. The predicted octanol–water partition coefficient (Wildman–Crippen LogP) is 2.27. The topological polar surface area (TPSA) is 55.7 Å². The van der Waals surface area contributed by atoms with Crippen molar-refractivity contribution < 1.29 is 9.53 Å². The Morgan fingerprint density at radius 1 is 1.40 bits per heavy atom. The molecule has 0 fully saturated rings. The summed E-state index contributed by atoms with van der Waals surface area (Å²) in [6.45, 7) is 1.26. The fourth-order valence-corrected chi connectivity index (χ4v) is 1.26. The molecule has 1 aromatic rings. The van der Waals surface area contributed by atoms with Crippen molar-refractivity contribution in [1.82, 2.24) is 0 Å². The Balaban J connectivity index is 2.41. The third-order valence-corrected chi connectivity index (χ3v) is 1.94. The average molecular weight is 207 g/mol. The van der Waals surface area contributed by atoms with Gasteiger partial charge in [0.15, 0.2) is 0 Å². The highest BCUT2D eigenvalue weighted by atomic mass is 16.6. The summed E-state index contributed by atoms with van der Waals surface area (Å²) < 4.78 is 4.70. The summed E-state index contributed by atoms with van der Waals surface area (Å²) in [5.74, 6) is -0.479. The third-order valence-electron chi connectivity index (χ3n) is 1.94. The highest BCUT2D eigenvalue weighted by Crippen LogP contribution is 2.08. The summed E-state index contributed by atoms with van der Waals surface area (Å²) in [5.41, 5.74) is 1.10. The second kappa shape index (κ2) is 5.90. The van der Waals surface area contributed by atoms with Crippen molar-refractivity contribution in [3.8, 4) is 0 Å². The minimum absolute atomic E-state index is 0.424. The summed E-state index contributed by atoms with van der Waals surface area (Å²) in [4.78, 5) is 20.9. The number of nitroso groups, excluding NO2 is 1. The lowest BCUT2D eigenvalue weighted by Crippen LogP contribution is -2.14. The Morgan fingerprint density at radius 2 is 2.07 bits per heavy atom. The van der Waals surface area contributed by atoms with E-state index in [0.717, 1.165) is 5.56 Å². The lowest BCUT2D eigenvalue weighted by atomic mass is 10.1. The molecule has 1 rings (SSSR count). The number of nitrogens with zero attached hydrogens (tertiary/aromatic N) is 1. The van der Waals surface area contributed by atoms with Gasteiger partial charge in [-0.05, 0) is 17.2 Å². The van der Waals surface area contributed by atoms with Gasteiger partial charge in [-0.3, -0.25) is 4.79 Å². The SMILES string of the molecule is CC(=O)OC(CCc1ccccc1)N=O. The van der Waals surface area contributed by atoms with Gasteiger partial charge < -0.3 is 4.74 Å². The Bertz CT molecular complexity index is 324. The summed E-state index contributed by atoms with van der Waals surface area (Å²) in [6.07, 6.45) is 0.222. The van der Waals surface area contributed by atoms with Gasteiger partial charge >= 0.3 is 5.97 Å². The first-order valence-electron chi connectivity index (χ1n) is 4.76. The van der Waals surface area contributed by atoms with Gasteiger partial charge in [0.2, 0.25) is 6.23 Å². The largest absolute Gasteiger partial charge is 0.436 e. The minimum Gasteiger partial charge on any atom is -0.436 e. The second-order valence-electron chi connectivity index (χ2n) is 3.19. The van der Waals surface area contributed by atoms with Crippen molar-refractivity contribution in [2.45, 2.75) is 26.0 Å². The van der Waals surface area contributed by atoms with Crippen LogP contribution >= 0.6 is 0 Å². The molecule has 0 N–H and O–H groups in total. The average Bonchev–Trinajstić information content (AvgIpc) is 2.25. The van der Waals surface area contributed by atoms with E-state index in [1.807, 2.05) is 30.3 Å². The molecule has 4 heteroatoms. The van der Waals surface area contributed by atoms with Crippen molar-refractivity contribution in [3.05, 3.63) is 40.8 Å². The Hall–Kier alpha value is -1.71. The molecule has 80 valence electrons. The molecule has 0 aliphatic heterocycles. The Kier molecular flexibility index (Phi) is 4.47. The Labute approximate surface area is 88.2 Å². The normalized spacial score (nSPS) is 11.8. The van der Waals surface area contributed by atoms with Crippen LogP contribution in [-0.4, -0.2) is 12.2 Å². The van der Waals surface area contributed by atoms with Gasteiger partial charge in [-0.2, -0.15) is 0 Å². The van der Waals surface area contributed by atoms with Crippen molar-refractivity contribution in [2.24, 2.45) is 5.18 Å². The number of hydrogen-bond donors (Lipinski definition) is 0. The number of hydrogen-bond acceptors (Lipinski definition) is 4. The Morgan fingerprint density at radius 3 is 2.60 bits per heavy atom. The van der Waals surface area contributed by atoms with E-state index < -0.39 is 12.2 Å². The smallest absolute Gasteiger partial charge is 0.304 e. The van der Waals surface area contributed by atoms with Crippen molar-refractivity contribution >= 4 is 5.97 Å². The summed E-state index contributed by atoms with van der Waals surface area (Å²) in [6, 6.07) is 9.67.